The van der Waals surface area contributed by atoms with Gasteiger partial charge in [-0.15, -0.1) is 0 Å². The number of fused-ring (bicyclic) bond motifs is 1. The minimum Gasteiger partial charge on any atom is -0.374 e. The molecule has 0 amide bonds. The third kappa shape index (κ3) is 2.29. The largest absolute Gasteiger partial charge is 0.374 e. The minimum atomic E-state index is 0.598. The first kappa shape index (κ1) is 12.0. The van der Waals surface area contributed by atoms with Crippen LogP contribution in [0.4, 0.5) is 5.69 Å². The summed E-state index contributed by atoms with van der Waals surface area (Å²) in [6.07, 6.45) is 2.05. The molecule has 2 N–H and O–H groups in total. The first-order valence-electron chi connectivity index (χ1n) is 5.51. The second-order valence-electron chi connectivity index (χ2n) is 4.41. The van der Waals surface area contributed by atoms with E-state index >= 15 is 0 Å². The van der Waals surface area contributed by atoms with Crippen LogP contribution in [0.3, 0.4) is 0 Å². The van der Waals surface area contributed by atoms with Gasteiger partial charge in [-0.3, -0.25) is 0 Å². The van der Waals surface area contributed by atoms with Crippen LogP contribution in [-0.4, -0.2) is 20.1 Å². The maximum absolute atomic E-state index is 6.24. The number of benzene rings is 1. The molecule has 1 aliphatic heterocycles. The third-order valence-electron chi connectivity index (χ3n) is 3.15. The smallest absolute Gasteiger partial charge is 0.0473 e. The monoisotopic (exact) mass is 258 g/mol. The zero-order valence-corrected chi connectivity index (χ0v) is 10.9. The number of halogens is 2. The van der Waals surface area contributed by atoms with Crippen molar-refractivity contribution in [3.05, 3.63) is 27.7 Å². The van der Waals surface area contributed by atoms with Crippen molar-refractivity contribution in [2.75, 3.05) is 25.0 Å². The molecule has 1 aliphatic rings. The van der Waals surface area contributed by atoms with E-state index in [1.54, 1.807) is 0 Å². The van der Waals surface area contributed by atoms with Gasteiger partial charge in [0.2, 0.25) is 0 Å². The van der Waals surface area contributed by atoms with Crippen molar-refractivity contribution in [1.29, 1.82) is 0 Å². The molecule has 0 fully saturated rings. The number of rotatable bonds is 2. The van der Waals surface area contributed by atoms with Crippen molar-refractivity contribution in [3.63, 3.8) is 0 Å². The lowest BCUT2D eigenvalue weighted by Gasteiger charge is -2.34. The summed E-state index contributed by atoms with van der Waals surface area (Å²) >= 11 is 12.2. The van der Waals surface area contributed by atoms with Crippen LogP contribution in [0.2, 0.25) is 10.0 Å². The van der Waals surface area contributed by atoms with Gasteiger partial charge in [-0.05, 0) is 43.0 Å². The molecule has 88 valence electrons. The molecule has 0 saturated heterocycles. The molecule has 1 unspecified atom stereocenters. The van der Waals surface area contributed by atoms with Gasteiger partial charge in [0.1, 0.15) is 0 Å². The van der Waals surface area contributed by atoms with E-state index in [1.807, 2.05) is 12.1 Å². The van der Waals surface area contributed by atoms with Crippen molar-refractivity contribution in [1.82, 2.24) is 0 Å². The Labute approximate surface area is 106 Å². The van der Waals surface area contributed by atoms with Gasteiger partial charge in [0.25, 0.3) is 0 Å². The Balaban J connectivity index is 2.34. The molecule has 0 spiro atoms. The lowest BCUT2D eigenvalue weighted by molar-refractivity contribution is 0.474. The van der Waals surface area contributed by atoms with Gasteiger partial charge in [0.15, 0.2) is 0 Å². The highest BCUT2D eigenvalue weighted by molar-refractivity contribution is 6.35. The Bertz CT molecular complexity index is 393. The molecule has 1 aromatic carbocycles. The van der Waals surface area contributed by atoms with E-state index in [2.05, 4.69) is 11.9 Å². The summed E-state index contributed by atoms with van der Waals surface area (Å²) in [5, 5.41) is 1.48. The number of nitrogens with two attached hydrogens (primary N) is 1. The van der Waals surface area contributed by atoms with Crippen LogP contribution in [0, 0.1) is 5.92 Å². The predicted molar refractivity (Wildman–Crippen MR) is 70.6 cm³/mol. The maximum Gasteiger partial charge on any atom is 0.0473 e. The molecule has 0 aromatic heterocycles. The fourth-order valence-corrected chi connectivity index (χ4v) is 2.96. The average Bonchev–Trinajstić information content (AvgIpc) is 2.20. The predicted octanol–water partition coefficient (Wildman–Crippen LogP) is 2.95. The number of anilines is 1. The standard InChI is InChI=1S/C12H16Cl2N2/c1-16-7-8(2-3-15)4-10-11(14)5-9(13)6-12(10)16/h5-6,8H,2-4,7,15H2,1H3. The summed E-state index contributed by atoms with van der Waals surface area (Å²) in [6.45, 7) is 1.76. The van der Waals surface area contributed by atoms with Crippen molar-refractivity contribution in [2.45, 2.75) is 12.8 Å². The zero-order chi connectivity index (χ0) is 11.7. The Kier molecular flexibility index (Phi) is 3.63. The molecular weight excluding hydrogens is 243 g/mol. The molecule has 16 heavy (non-hydrogen) atoms. The van der Waals surface area contributed by atoms with Crippen molar-refractivity contribution >= 4 is 28.9 Å². The van der Waals surface area contributed by atoms with E-state index in [1.165, 1.54) is 5.56 Å². The minimum absolute atomic E-state index is 0.598. The molecule has 1 aromatic rings. The molecule has 4 heteroatoms. The Morgan fingerprint density at radius 1 is 1.44 bits per heavy atom. The number of nitrogens with zero attached hydrogens (tertiary/aromatic N) is 1. The highest BCUT2D eigenvalue weighted by Crippen LogP contribution is 2.37. The van der Waals surface area contributed by atoms with E-state index in [9.17, 15) is 0 Å². The van der Waals surface area contributed by atoms with E-state index in [0.717, 1.165) is 36.6 Å². The molecular formula is C12H16Cl2N2. The van der Waals surface area contributed by atoms with Gasteiger partial charge in [-0.1, -0.05) is 23.2 Å². The van der Waals surface area contributed by atoms with Gasteiger partial charge in [0.05, 0.1) is 0 Å². The molecule has 2 rings (SSSR count). The first-order chi connectivity index (χ1) is 7.61. The first-order valence-corrected chi connectivity index (χ1v) is 6.26. The molecule has 0 saturated carbocycles. The molecule has 0 aliphatic carbocycles. The Hall–Kier alpha value is -0.440. The third-order valence-corrected chi connectivity index (χ3v) is 3.70. The van der Waals surface area contributed by atoms with Crippen LogP contribution in [0.15, 0.2) is 12.1 Å². The van der Waals surface area contributed by atoms with Gasteiger partial charge in [0, 0.05) is 29.3 Å². The van der Waals surface area contributed by atoms with Crippen LogP contribution < -0.4 is 10.6 Å². The normalized spacial score (nSPS) is 19.8. The van der Waals surface area contributed by atoms with Crippen molar-refractivity contribution < 1.29 is 0 Å². The number of hydrogen-bond donors (Lipinski definition) is 1. The lowest BCUT2D eigenvalue weighted by Crippen LogP contribution is -2.33. The van der Waals surface area contributed by atoms with E-state index in [4.69, 9.17) is 28.9 Å². The molecule has 0 bridgehead atoms. The van der Waals surface area contributed by atoms with E-state index in [-0.39, 0.29) is 0 Å². The second-order valence-corrected chi connectivity index (χ2v) is 5.26. The van der Waals surface area contributed by atoms with Crippen molar-refractivity contribution in [2.24, 2.45) is 11.7 Å². The second kappa shape index (κ2) is 4.82. The van der Waals surface area contributed by atoms with Crippen LogP contribution in [0.5, 0.6) is 0 Å². The van der Waals surface area contributed by atoms with Crippen LogP contribution in [0.25, 0.3) is 0 Å². The molecule has 0 radical (unpaired) electrons. The fourth-order valence-electron chi connectivity index (χ4n) is 2.40. The topological polar surface area (TPSA) is 29.3 Å². The van der Waals surface area contributed by atoms with Gasteiger partial charge >= 0.3 is 0 Å². The Morgan fingerprint density at radius 3 is 2.88 bits per heavy atom. The summed E-state index contributed by atoms with van der Waals surface area (Å²) in [5.41, 5.74) is 7.98. The van der Waals surface area contributed by atoms with Crippen LogP contribution >= 0.6 is 23.2 Å². The van der Waals surface area contributed by atoms with E-state index < -0.39 is 0 Å². The molecule has 1 heterocycles. The van der Waals surface area contributed by atoms with Gasteiger partial charge < -0.3 is 10.6 Å². The summed E-state index contributed by atoms with van der Waals surface area (Å²) < 4.78 is 0. The van der Waals surface area contributed by atoms with Crippen LogP contribution in [0.1, 0.15) is 12.0 Å². The summed E-state index contributed by atoms with van der Waals surface area (Å²) in [5.74, 6) is 0.598. The van der Waals surface area contributed by atoms with E-state index in [0.29, 0.717) is 10.9 Å². The number of hydrogen-bond acceptors (Lipinski definition) is 2. The quantitative estimate of drug-likeness (QED) is 0.884. The summed E-state index contributed by atoms with van der Waals surface area (Å²) in [6, 6.07) is 3.81. The lowest BCUT2D eigenvalue weighted by atomic mass is 9.90. The average molecular weight is 259 g/mol. The summed E-state index contributed by atoms with van der Waals surface area (Å²) in [4.78, 5) is 2.22. The van der Waals surface area contributed by atoms with Gasteiger partial charge in [-0.25, -0.2) is 0 Å². The summed E-state index contributed by atoms with van der Waals surface area (Å²) in [7, 11) is 2.08. The maximum atomic E-state index is 6.24. The zero-order valence-electron chi connectivity index (χ0n) is 9.34. The van der Waals surface area contributed by atoms with Crippen LogP contribution in [-0.2, 0) is 6.42 Å². The molecule has 2 nitrogen and oxygen atoms in total. The van der Waals surface area contributed by atoms with Crippen molar-refractivity contribution in [3.8, 4) is 0 Å². The molecule has 1 atom stereocenters. The highest BCUT2D eigenvalue weighted by Gasteiger charge is 2.24. The SMILES string of the molecule is CN1CC(CCN)Cc2c(Cl)cc(Cl)cc21. The highest BCUT2D eigenvalue weighted by atomic mass is 35.5. The van der Waals surface area contributed by atoms with Gasteiger partial charge in [-0.2, -0.15) is 0 Å². The Morgan fingerprint density at radius 2 is 2.19 bits per heavy atom. The fraction of sp³-hybridized carbons (Fsp3) is 0.500.